The van der Waals surface area contributed by atoms with E-state index in [1.54, 1.807) is 0 Å². The number of hydrogen-bond acceptors (Lipinski definition) is 6. The summed E-state index contributed by atoms with van der Waals surface area (Å²) in [6.07, 6.45) is 3.05. The Hall–Kier alpha value is -0.890. The fourth-order valence-electron chi connectivity index (χ4n) is 3.74. The molecule has 0 saturated carbocycles. The number of ether oxygens (including phenoxy) is 4. The van der Waals surface area contributed by atoms with Crippen LogP contribution in [0.2, 0.25) is 0 Å². The van der Waals surface area contributed by atoms with Gasteiger partial charge in [0.2, 0.25) is 0 Å². The van der Waals surface area contributed by atoms with Gasteiger partial charge in [0.05, 0.1) is 19.3 Å². The van der Waals surface area contributed by atoms with Crippen molar-refractivity contribution in [2.45, 2.75) is 63.6 Å². The summed E-state index contributed by atoms with van der Waals surface area (Å²) >= 11 is 0. The van der Waals surface area contributed by atoms with Gasteiger partial charge in [-0.1, -0.05) is 0 Å². The Morgan fingerprint density at radius 2 is 2.17 bits per heavy atom. The summed E-state index contributed by atoms with van der Waals surface area (Å²) in [6.45, 7) is 8.99. The molecule has 2 bridgehead atoms. The van der Waals surface area contributed by atoms with Crippen molar-refractivity contribution in [3.05, 3.63) is 0 Å². The first-order chi connectivity index (χ1) is 11.6. The standard InChI is InChI=1S/C17H30N2O5/c1-13(15-14-5-3-6-17(2,23-14)24-15)22-16(20)18-7-4-8-19-9-11-21-12-10-19/h13-15H,3-12H2,1-2H3,(H,18,20)/t13?,14?,15?,17-/m0/s1. The number of morpholine rings is 1. The monoisotopic (exact) mass is 342 g/mol. The molecular formula is C17H30N2O5. The molecule has 0 aromatic heterocycles. The van der Waals surface area contributed by atoms with E-state index in [1.807, 2.05) is 13.8 Å². The highest BCUT2D eigenvalue weighted by molar-refractivity contribution is 5.67. The predicted octanol–water partition coefficient (Wildman–Crippen LogP) is 1.51. The molecule has 0 aromatic rings. The van der Waals surface area contributed by atoms with Crippen LogP contribution in [0.3, 0.4) is 0 Å². The van der Waals surface area contributed by atoms with Gasteiger partial charge >= 0.3 is 6.09 Å². The minimum absolute atomic E-state index is 0.0351. The number of nitrogens with one attached hydrogen (secondary N) is 1. The molecule has 3 aliphatic rings. The van der Waals surface area contributed by atoms with Gasteiger partial charge in [-0.15, -0.1) is 0 Å². The summed E-state index contributed by atoms with van der Waals surface area (Å²) in [5.41, 5.74) is 0. The first kappa shape index (κ1) is 17.9. The molecule has 3 aliphatic heterocycles. The Kier molecular flexibility index (Phi) is 5.97. The van der Waals surface area contributed by atoms with Crippen molar-refractivity contribution in [3.63, 3.8) is 0 Å². The molecule has 7 heteroatoms. The van der Waals surface area contributed by atoms with Crippen LogP contribution in [0.5, 0.6) is 0 Å². The van der Waals surface area contributed by atoms with Gasteiger partial charge in [0.15, 0.2) is 5.79 Å². The van der Waals surface area contributed by atoms with Crippen LogP contribution in [0.15, 0.2) is 0 Å². The molecule has 1 amide bonds. The number of carbonyl (C=O) groups excluding carboxylic acids is 1. The lowest BCUT2D eigenvalue weighted by Gasteiger charge is -2.26. The van der Waals surface area contributed by atoms with E-state index in [0.29, 0.717) is 6.54 Å². The van der Waals surface area contributed by atoms with Gasteiger partial charge in [-0.2, -0.15) is 0 Å². The zero-order valence-corrected chi connectivity index (χ0v) is 14.8. The van der Waals surface area contributed by atoms with E-state index >= 15 is 0 Å². The number of rotatable bonds is 6. The maximum absolute atomic E-state index is 12.0. The number of nitrogens with zero attached hydrogens (tertiary/aromatic N) is 1. The Bertz CT molecular complexity index is 429. The summed E-state index contributed by atoms with van der Waals surface area (Å²) in [5, 5.41) is 2.83. The van der Waals surface area contributed by atoms with Crippen molar-refractivity contribution in [1.29, 1.82) is 0 Å². The van der Waals surface area contributed by atoms with Gasteiger partial charge < -0.3 is 24.3 Å². The fraction of sp³-hybridized carbons (Fsp3) is 0.941. The topological polar surface area (TPSA) is 69.3 Å². The summed E-state index contributed by atoms with van der Waals surface area (Å²) < 4.78 is 22.7. The normalized spacial score (nSPS) is 34.8. The minimum Gasteiger partial charge on any atom is -0.444 e. The first-order valence-corrected chi connectivity index (χ1v) is 9.16. The molecule has 3 heterocycles. The third-order valence-electron chi connectivity index (χ3n) is 5.05. The summed E-state index contributed by atoms with van der Waals surface area (Å²) in [5.74, 6) is -0.500. The molecule has 3 saturated heterocycles. The SMILES string of the molecule is CC(OC(=O)NCCCN1CCOCC1)C1O[C@@]2(C)CCCC1O2. The van der Waals surface area contributed by atoms with Gasteiger partial charge in [0.25, 0.3) is 0 Å². The van der Waals surface area contributed by atoms with E-state index in [0.717, 1.165) is 58.5 Å². The number of carbonyl (C=O) groups is 1. The van der Waals surface area contributed by atoms with E-state index in [2.05, 4.69) is 10.2 Å². The van der Waals surface area contributed by atoms with Crippen LogP contribution in [0, 0.1) is 0 Å². The van der Waals surface area contributed by atoms with Crippen molar-refractivity contribution in [1.82, 2.24) is 10.2 Å². The maximum Gasteiger partial charge on any atom is 0.407 e. The molecule has 4 atom stereocenters. The van der Waals surface area contributed by atoms with Crippen molar-refractivity contribution in [2.24, 2.45) is 0 Å². The molecule has 24 heavy (non-hydrogen) atoms. The van der Waals surface area contributed by atoms with E-state index in [1.165, 1.54) is 0 Å². The Labute approximate surface area is 143 Å². The smallest absolute Gasteiger partial charge is 0.407 e. The summed E-state index contributed by atoms with van der Waals surface area (Å²) in [4.78, 5) is 14.3. The van der Waals surface area contributed by atoms with Crippen LogP contribution in [-0.2, 0) is 18.9 Å². The van der Waals surface area contributed by atoms with Crippen LogP contribution < -0.4 is 5.32 Å². The number of hydrogen-bond donors (Lipinski definition) is 1. The second-order valence-corrected chi connectivity index (χ2v) is 7.11. The Morgan fingerprint density at radius 3 is 2.92 bits per heavy atom. The zero-order valence-electron chi connectivity index (χ0n) is 14.8. The molecule has 138 valence electrons. The number of alkyl carbamates (subject to hydrolysis) is 1. The molecule has 3 rings (SSSR count). The Balaban J connectivity index is 1.33. The molecular weight excluding hydrogens is 312 g/mol. The van der Waals surface area contributed by atoms with Gasteiger partial charge in [-0.05, 0) is 39.7 Å². The molecule has 0 aliphatic carbocycles. The quantitative estimate of drug-likeness (QED) is 0.738. The third-order valence-corrected chi connectivity index (χ3v) is 5.05. The molecule has 3 fully saturated rings. The summed E-state index contributed by atoms with van der Waals surface area (Å²) in [7, 11) is 0. The highest BCUT2D eigenvalue weighted by atomic mass is 16.8. The van der Waals surface area contributed by atoms with Crippen molar-refractivity contribution in [3.8, 4) is 0 Å². The highest BCUT2D eigenvalue weighted by Gasteiger charge is 2.49. The second-order valence-electron chi connectivity index (χ2n) is 7.11. The Morgan fingerprint density at radius 1 is 1.38 bits per heavy atom. The number of fused-ring (bicyclic) bond motifs is 2. The van der Waals surface area contributed by atoms with E-state index < -0.39 is 5.79 Å². The van der Waals surface area contributed by atoms with E-state index in [4.69, 9.17) is 18.9 Å². The zero-order chi connectivity index (χ0) is 17.0. The summed E-state index contributed by atoms with van der Waals surface area (Å²) in [6, 6.07) is 0. The van der Waals surface area contributed by atoms with Gasteiger partial charge in [-0.25, -0.2) is 4.79 Å². The lowest BCUT2D eigenvalue weighted by Crippen LogP contribution is -2.40. The van der Waals surface area contributed by atoms with E-state index in [9.17, 15) is 4.79 Å². The minimum atomic E-state index is -0.500. The lowest BCUT2D eigenvalue weighted by atomic mass is 10.0. The van der Waals surface area contributed by atoms with Gasteiger partial charge in [0.1, 0.15) is 12.2 Å². The molecule has 7 nitrogen and oxygen atoms in total. The van der Waals surface area contributed by atoms with E-state index in [-0.39, 0.29) is 24.4 Å². The highest BCUT2D eigenvalue weighted by Crippen LogP contribution is 2.41. The van der Waals surface area contributed by atoms with Crippen LogP contribution in [0.25, 0.3) is 0 Å². The van der Waals surface area contributed by atoms with Crippen molar-refractivity contribution in [2.75, 3.05) is 39.4 Å². The molecule has 0 spiro atoms. The third kappa shape index (κ3) is 4.59. The van der Waals surface area contributed by atoms with Crippen molar-refractivity contribution < 1.29 is 23.7 Å². The fourth-order valence-corrected chi connectivity index (χ4v) is 3.74. The predicted molar refractivity (Wildman–Crippen MR) is 87.8 cm³/mol. The number of amides is 1. The maximum atomic E-state index is 12.0. The van der Waals surface area contributed by atoms with Crippen LogP contribution in [0.1, 0.15) is 39.5 Å². The molecule has 3 unspecified atom stereocenters. The average Bonchev–Trinajstić information content (AvgIpc) is 2.81. The molecule has 0 aromatic carbocycles. The first-order valence-electron chi connectivity index (χ1n) is 9.16. The largest absolute Gasteiger partial charge is 0.444 e. The van der Waals surface area contributed by atoms with Crippen molar-refractivity contribution >= 4 is 6.09 Å². The average molecular weight is 342 g/mol. The van der Waals surface area contributed by atoms with Gasteiger partial charge in [0, 0.05) is 26.1 Å². The van der Waals surface area contributed by atoms with Crippen LogP contribution in [-0.4, -0.2) is 74.5 Å². The lowest BCUT2D eigenvalue weighted by molar-refractivity contribution is -0.183. The van der Waals surface area contributed by atoms with Gasteiger partial charge in [-0.3, -0.25) is 4.90 Å². The van der Waals surface area contributed by atoms with Crippen LogP contribution >= 0.6 is 0 Å². The second kappa shape index (κ2) is 7.99. The van der Waals surface area contributed by atoms with Crippen LogP contribution in [0.4, 0.5) is 4.79 Å². The molecule has 1 N–H and O–H groups in total. The molecule has 0 radical (unpaired) electrons.